The quantitative estimate of drug-likeness (QED) is 0.732. The fraction of sp³-hybridized carbons (Fsp3) is 0.857. The van der Waals surface area contributed by atoms with E-state index in [4.69, 9.17) is 5.11 Å². The number of aliphatic carboxylic acids is 1. The van der Waals surface area contributed by atoms with Crippen LogP contribution in [-0.4, -0.2) is 48.1 Å². The lowest BCUT2D eigenvalue weighted by atomic mass is 9.81. The molecular weight excluding hydrogens is 244 g/mol. The number of carboxylic acids is 1. The van der Waals surface area contributed by atoms with Crippen LogP contribution in [0, 0.1) is 11.8 Å². The van der Waals surface area contributed by atoms with Crippen LogP contribution in [0.5, 0.6) is 0 Å². The van der Waals surface area contributed by atoms with Gasteiger partial charge in [-0.3, -0.25) is 9.59 Å². The summed E-state index contributed by atoms with van der Waals surface area (Å²) in [5, 5.41) is 11.9. The van der Waals surface area contributed by atoms with Crippen LogP contribution >= 0.6 is 0 Å². The van der Waals surface area contributed by atoms with Gasteiger partial charge in [0.25, 0.3) is 0 Å². The topological polar surface area (TPSA) is 69.6 Å². The number of carbonyl (C=O) groups is 2. The predicted octanol–water partition coefficient (Wildman–Crippen LogP) is 1.34. The first-order chi connectivity index (χ1) is 9.08. The number of nitrogens with zero attached hydrogens (tertiary/aromatic N) is 1. The molecule has 0 aliphatic heterocycles. The third kappa shape index (κ3) is 5.19. The zero-order valence-corrected chi connectivity index (χ0v) is 12.0. The first kappa shape index (κ1) is 16.0. The van der Waals surface area contributed by atoms with E-state index in [1.165, 1.54) is 0 Å². The maximum absolute atomic E-state index is 12.0. The summed E-state index contributed by atoms with van der Waals surface area (Å²) in [6, 6.07) is 0. The van der Waals surface area contributed by atoms with Gasteiger partial charge < -0.3 is 15.3 Å². The number of likely N-dealkylation sites (N-methyl/N-ethyl adjacent to an activating group) is 1. The molecule has 0 aromatic rings. The number of carboxylic acid groups (broad SMARTS) is 1. The van der Waals surface area contributed by atoms with Crippen molar-refractivity contribution in [2.45, 2.75) is 39.5 Å². The maximum Gasteiger partial charge on any atom is 0.306 e. The summed E-state index contributed by atoms with van der Waals surface area (Å²) in [5.74, 6) is -0.872. The van der Waals surface area contributed by atoms with Gasteiger partial charge in [-0.05, 0) is 38.8 Å². The molecule has 110 valence electrons. The largest absolute Gasteiger partial charge is 0.481 e. The Hall–Kier alpha value is -1.10. The van der Waals surface area contributed by atoms with Crippen LogP contribution in [0.2, 0.25) is 0 Å². The number of nitrogens with one attached hydrogen (secondary N) is 1. The Morgan fingerprint density at radius 3 is 2.11 bits per heavy atom. The van der Waals surface area contributed by atoms with Gasteiger partial charge in [-0.15, -0.1) is 0 Å². The smallest absolute Gasteiger partial charge is 0.306 e. The van der Waals surface area contributed by atoms with Crippen LogP contribution in [0.25, 0.3) is 0 Å². The highest BCUT2D eigenvalue weighted by molar-refractivity contribution is 5.79. The average Bonchev–Trinajstić information content (AvgIpc) is 2.43. The second-order valence-electron chi connectivity index (χ2n) is 5.20. The standard InChI is InChI=1S/C14H26N2O3/c1-3-16(4-2)10-9-15-13(17)11-5-7-12(8-6-11)14(18)19/h11-12H,3-10H2,1-2H3,(H,15,17)(H,18,19). The second kappa shape index (κ2) is 8.15. The van der Waals surface area contributed by atoms with Crippen LogP contribution in [0.15, 0.2) is 0 Å². The Bertz CT molecular complexity index is 295. The minimum atomic E-state index is -0.722. The third-order valence-corrected chi connectivity index (χ3v) is 4.07. The molecule has 1 aliphatic carbocycles. The summed E-state index contributed by atoms with van der Waals surface area (Å²) in [4.78, 5) is 25.1. The van der Waals surface area contributed by atoms with E-state index in [1.807, 2.05) is 0 Å². The van der Waals surface area contributed by atoms with Gasteiger partial charge in [0.05, 0.1) is 5.92 Å². The van der Waals surface area contributed by atoms with E-state index in [0.29, 0.717) is 32.2 Å². The van der Waals surface area contributed by atoms with Crippen molar-refractivity contribution in [3.8, 4) is 0 Å². The minimum absolute atomic E-state index is 0.00676. The van der Waals surface area contributed by atoms with E-state index in [1.54, 1.807) is 0 Å². The third-order valence-electron chi connectivity index (χ3n) is 4.07. The first-order valence-corrected chi connectivity index (χ1v) is 7.31. The summed E-state index contributed by atoms with van der Waals surface area (Å²) in [6.07, 6.45) is 2.66. The van der Waals surface area contributed by atoms with E-state index < -0.39 is 5.97 Å². The summed E-state index contributed by atoms with van der Waals surface area (Å²) in [5.41, 5.74) is 0. The molecule has 1 rings (SSSR count). The van der Waals surface area contributed by atoms with Crippen LogP contribution in [-0.2, 0) is 9.59 Å². The first-order valence-electron chi connectivity index (χ1n) is 7.31. The Kier molecular flexibility index (Phi) is 6.84. The molecule has 0 atom stereocenters. The number of carbonyl (C=O) groups excluding carboxylic acids is 1. The maximum atomic E-state index is 12.0. The molecule has 1 amide bonds. The van der Waals surface area contributed by atoms with Crippen LogP contribution < -0.4 is 5.32 Å². The van der Waals surface area contributed by atoms with Crippen molar-refractivity contribution in [3.63, 3.8) is 0 Å². The molecule has 0 aromatic carbocycles. The molecule has 0 saturated heterocycles. The molecule has 2 N–H and O–H groups in total. The number of amides is 1. The summed E-state index contributed by atoms with van der Waals surface area (Å²) >= 11 is 0. The van der Waals surface area contributed by atoms with Crippen LogP contribution in [0.1, 0.15) is 39.5 Å². The molecule has 0 unspecified atom stereocenters. The molecule has 0 bridgehead atoms. The zero-order chi connectivity index (χ0) is 14.3. The van der Waals surface area contributed by atoms with Crippen molar-refractivity contribution in [1.29, 1.82) is 0 Å². The van der Waals surface area contributed by atoms with E-state index in [0.717, 1.165) is 19.6 Å². The minimum Gasteiger partial charge on any atom is -0.481 e. The van der Waals surface area contributed by atoms with Gasteiger partial charge in [0, 0.05) is 19.0 Å². The second-order valence-corrected chi connectivity index (χ2v) is 5.20. The molecule has 0 radical (unpaired) electrons. The lowest BCUT2D eigenvalue weighted by molar-refractivity contribution is -0.144. The molecule has 5 nitrogen and oxygen atoms in total. The van der Waals surface area contributed by atoms with Gasteiger partial charge in [0.15, 0.2) is 0 Å². The molecule has 0 heterocycles. The molecular formula is C14H26N2O3. The van der Waals surface area contributed by atoms with Gasteiger partial charge in [-0.25, -0.2) is 0 Å². The van der Waals surface area contributed by atoms with Crippen molar-refractivity contribution in [2.75, 3.05) is 26.2 Å². The fourth-order valence-electron chi connectivity index (χ4n) is 2.62. The predicted molar refractivity (Wildman–Crippen MR) is 73.9 cm³/mol. The Morgan fingerprint density at radius 1 is 1.11 bits per heavy atom. The summed E-state index contributed by atoms with van der Waals surface area (Å²) < 4.78 is 0. The number of rotatable bonds is 7. The summed E-state index contributed by atoms with van der Waals surface area (Å²) in [7, 11) is 0. The summed E-state index contributed by atoms with van der Waals surface area (Å²) in [6.45, 7) is 7.77. The molecule has 0 spiro atoms. The van der Waals surface area contributed by atoms with E-state index in [9.17, 15) is 9.59 Å². The fourth-order valence-corrected chi connectivity index (χ4v) is 2.62. The van der Waals surface area contributed by atoms with Gasteiger partial charge in [0.1, 0.15) is 0 Å². The molecule has 19 heavy (non-hydrogen) atoms. The molecule has 5 heteroatoms. The molecule has 1 aliphatic rings. The van der Waals surface area contributed by atoms with Gasteiger partial charge in [-0.1, -0.05) is 13.8 Å². The van der Waals surface area contributed by atoms with E-state index in [-0.39, 0.29) is 17.7 Å². The van der Waals surface area contributed by atoms with Crippen molar-refractivity contribution in [1.82, 2.24) is 10.2 Å². The monoisotopic (exact) mass is 270 g/mol. The Labute approximate surface area is 115 Å². The van der Waals surface area contributed by atoms with Crippen molar-refractivity contribution in [2.24, 2.45) is 11.8 Å². The zero-order valence-electron chi connectivity index (χ0n) is 12.0. The highest BCUT2D eigenvalue weighted by atomic mass is 16.4. The normalized spacial score (nSPS) is 23.3. The lowest BCUT2D eigenvalue weighted by Crippen LogP contribution is -2.39. The average molecular weight is 270 g/mol. The number of hydrogen-bond acceptors (Lipinski definition) is 3. The molecule has 1 fully saturated rings. The highest BCUT2D eigenvalue weighted by Gasteiger charge is 2.29. The molecule has 0 aromatic heterocycles. The Balaban J connectivity index is 2.22. The van der Waals surface area contributed by atoms with Gasteiger partial charge >= 0.3 is 5.97 Å². The van der Waals surface area contributed by atoms with Gasteiger partial charge in [0.2, 0.25) is 5.91 Å². The van der Waals surface area contributed by atoms with Crippen LogP contribution in [0.3, 0.4) is 0 Å². The van der Waals surface area contributed by atoms with Crippen molar-refractivity contribution >= 4 is 11.9 Å². The van der Waals surface area contributed by atoms with E-state index >= 15 is 0 Å². The van der Waals surface area contributed by atoms with Crippen molar-refractivity contribution in [3.05, 3.63) is 0 Å². The lowest BCUT2D eigenvalue weighted by Gasteiger charge is -2.25. The van der Waals surface area contributed by atoms with Crippen molar-refractivity contribution < 1.29 is 14.7 Å². The Morgan fingerprint density at radius 2 is 1.63 bits per heavy atom. The van der Waals surface area contributed by atoms with E-state index in [2.05, 4.69) is 24.1 Å². The van der Waals surface area contributed by atoms with Crippen LogP contribution in [0.4, 0.5) is 0 Å². The van der Waals surface area contributed by atoms with Gasteiger partial charge in [-0.2, -0.15) is 0 Å². The number of hydrogen-bond donors (Lipinski definition) is 2. The highest BCUT2D eigenvalue weighted by Crippen LogP contribution is 2.28. The SMILES string of the molecule is CCN(CC)CCNC(=O)C1CCC(C(=O)O)CC1. The molecule has 1 saturated carbocycles.